The average Bonchev–Trinajstić information content (AvgIpc) is 3.05. The van der Waals surface area contributed by atoms with Gasteiger partial charge in [-0.25, -0.2) is 4.79 Å². The number of unbranched alkanes of at least 4 members (excludes halogenated alkanes) is 1. The molecule has 29 heavy (non-hydrogen) atoms. The Morgan fingerprint density at radius 2 is 1.76 bits per heavy atom. The molecule has 1 unspecified atom stereocenters. The van der Waals surface area contributed by atoms with E-state index in [1.165, 1.54) is 44.9 Å². The number of hydrogen-bond donors (Lipinski definition) is 1. The van der Waals surface area contributed by atoms with E-state index < -0.39 is 0 Å². The molecule has 6 rings (SSSR count). The Kier molecular flexibility index (Phi) is 5.42. The molecule has 1 atom stereocenters. The lowest BCUT2D eigenvalue weighted by molar-refractivity contribution is -0.0115. The van der Waals surface area contributed by atoms with Crippen LogP contribution in [0.1, 0.15) is 77.6 Å². The molecular weight excluding hydrogens is 382 g/mol. The fraction of sp³-hybridized carbons (Fsp3) is 0.913. The summed E-state index contributed by atoms with van der Waals surface area (Å²) in [7, 11) is 0. The molecule has 2 aliphatic heterocycles. The minimum absolute atomic E-state index is 0.0983. The second-order valence-electron chi connectivity index (χ2n) is 10.6. The largest absolute Gasteiger partial charge is 0.447 e. The minimum atomic E-state index is -0.0983. The summed E-state index contributed by atoms with van der Waals surface area (Å²) >= 11 is 5.90. The van der Waals surface area contributed by atoms with Crippen molar-refractivity contribution in [3.05, 3.63) is 0 Å². The molecule has 6 heteroatoms. The van der Waals surface area contributed by atoms with Crippen molar-refractivity contribution in [2.24, 2.45) is 17.8 Å². The molecule has 6 aliphatic rings. The monoisotopic (exact) mass is 419 g/mol. The number of rotatable bonds is 5. The number of cyclic esters (lactones) is 1. The van der Waals surface area contributed by atoms with Gasteiger partial charge in [0, 0.05) is 24.7 Å². The van der Waals surface area contributed by atoms with Gasteiger partial charge in [0.1, 0.15) is 6.61 Å². The fourth-order valence-electron chi connectivity index (χ4n) is 7.50. The third kappa shape index (κ3) is 3.86. The summed E-state index contributed by atoms with van der Waals surface area (Å²) in [5.74, 6) is 2.80. The second kappa shape index (κ2) is 7.90. The van der Waals surface area contributed by atoms with E-state index in [0.717, 1.165) is 61.6 Å². The number of carbonyl (C=O) groups is 1. The molecule has 1 N–H and O–H groups in total. The van der Waals surface area contributed by atoms with Crippen molar-refractivity contribution < 1.29 is 9.53 Å². The first-order valence-electron chi connectivity index (χ1n) is 12.1. The van der Waals surface area contributed by atoms with Crippen molar-refractivity contribution in [2.45, 2.75) is 95.2 Å². The molecule has 5 nitrogen and oxygen atoms in total. The van der Waals surface area contributed by atoms with Gasteiger partial charge in [-0.2, -0.15) is 0 Å². The van der Waals surface area contributed by atoms with Gasteiger partial charge in [0.05, 0.1) is 6.04 Å². The number of ether oxygens (including phenoxy) is 1. The molecule has 4 bridgehead atoms. The fourth-order valence-corrected chi connectivity index (χ4v) is 7.90. The van der Waals surface area contributed by atoms with E-state index in [1.54, 1.807) is 0 Å². The molecule has 6 fully saturated rings. The third-order valence-electron chi connectivity index (χ3n) is 8.45. The molecule has 4 aliphatic carbocycles. The van der Waals surface area contributed by atoms with Crippen LogP contribution in [0.25, 0.3) is 0 Å². The molecule has 0 spiro atoms. The van der Waals surface area contributed by atoms with Gasteiger partial charge in [-0.3, -0.25) is 4.90 Å². The molecule has 2 heterocycles. The van der Waals surface area contributed by atoms with Crippen LogP contribution in [0.3, 0.4) is 0 Å². The minimum Gasteiger partial charge on any atom is -0.447 e. The molecule has 162 valence electrons. The lowest BCUT2D eigenvalue weighted by Crippen LogP contribution is -2.62. The SMILES string of the molecule is CCCCC1COC(=O)N1C1CCN(C(=S)NC23CC4CC(CC(C4)C2)C3)CC1. The van der Waals surface area contributed by atoms with E-state index in [4.69, 9.17) is 17.0 Å². The Morgan fingerprint density at radius 3 is 2.34 bits per heavy atom. The Bertz CT molecular complexity index is 611. The number of nitrogens with one attached hydrogen (secondary N) is 1. The maximum atomic E-state index is 12.3. The zero-order valence-corrected chi connectivity index (χ0v) is 18.7. The van der Waals surface area contributed by atoms with Gasteiger partial charge in [-0.15, -0.1) is 0 Å². The van der Waals surface area contributed by atoms with Gasteiger partial charge in [-0.1, -0.05) is 19.8 Å². The lowest BCUT2D eigenvalue weighted by atomic mass is 9.53. The number of hydrogen-bond acceptors (Lipinski definition) is 3. The van der Waals surface area contributed by atoms with E-state index >= 15 is 0 Å². The van der Waals surface area contributed by atoms with Crippen molar-refractivity contribution in [3.8, 4) is 0 Å². The summed E-state index contributed by atoms with van der Waals surface area (Å²) in [5.41, 5.74) is 0.284. The lowest BCUT2D eigenvalue weighted by Gasteiger charge is -2.57. The summed E-state index contributed by atoms with van der Waals surface area (Å²) in [6.45, 7) is 4.68. The Balaban J connectivity index is 1.16. The van der Waals surface area contributed by atoms with Crippen molar-refractivity contribution in [2.75, 3.05) is 19.7 Å². The van der Waals surface area contributed by atoms with E-state index in [0.29, 0.717) is 12.6 Å². The van der Waals surface area contributed by atoms with Crippen molar-refractivity contribution in [1.82, 2.24) is 15.1 Å². The van der Waals surface area contributed by atoms with Crippen molar-refractivity contribution in [3.63, 3.8) is 0 Å². The Hall–Kier alpha value is -1.04. The molecule has 1 amide bonds. The van der Waals surface area contributed by atoms with E-state index in [9.17, 15) is 4.79 Å². The second-order valence-corrected chi connectivity index (χ2v) is 11.0. The van der Waals surface area contributed by atoms with Gasteiger partial charge < -0.3 is 15.0 Å². The van der Waals surface area contributed by atoms with Gasteiger partial charge in [-0.05, 0) is 87.8 Å². The highest BCUT2D eigenvalue weighted by atomic mass is 32.1. The van der Waals surface area contributed by atoms with Gasteiger partial charge in [0.2, 0.25) is 0 Å². The topological polar surface area (TPSA) is 44.8 Å². The first kappa shape index (κ1) is 19.9. The molecule has 0 radical (unpaired) electrons. The predicted octanol–water partition coefficient (Wildman–Crippen LogP) is 4.31. The van der Waals surface area contributed by atoms with Crippen LogP contribution in [0.4, 0.5) is 4.79 Å². The van der Waals surface area contributed by atoms with Crippen molar-refractivity contribution in [1.29, 1.82) is 0 Å². The maximum Gasteiger partial charge on any atom is 0.410 e. The van der Waals surface area contributed by atoms with Crippen LogP contribution in [0.2, 0.25) is 0 Å². The number of piperidine rings is 1. The zero-order chi connectivity index (χ0) is 20.0. The summed E-state index contributed by atoms with van der Waals surface area (Å²) in [5, 5.41) is 4.85. The van der Waals surface area contributed by atoms with Gasteiger partial charge in [0.15, 0.2) is 5.11 Å². The maximum absolute atomic E-state index is 12.3. The summed E-state index contributed by atoms with van der Waals surface area (Å²) in [4.78, 5) is 16.8. The van der Waals surface area contributed by atoms with Crippen LogP contribution in [-0.2, 0) is 4.74 Å². The molecular formula is C23H37N3O2S. The third-order valence-corrected chi connectivity index (χ3v) is 8.81. The Labute approximate surface area is 180 Å². The molecule has 0 aromatic carbocycles. The number of nitrogens with zero attached hydrogens (tertiary/aromatic N) is 2. The van der Waals surface area contributed by atoms with Crippen LogP contribution in [-0.4, -0.2) is 58.3 Å². The normalized spacial score (nSPS) is 39.1. The first-order valence-corrected chi connectivity index (χ1v) is 12.5. The van der Waals surface area contributed by atoms with Crippen LogP contribution in [0.5, 0.6) is 0 Å². The molecule has 2 saturated heterocycles. The van der Waals surface area contributed by atoms with Crippen LogP contribution >= 0.6 is 12.2 Å². The molecule has 4 saturated carbocycles. The van der Waals surface area contributed by atoms with E-state index in [1.807, 2.05) is 0 Å². The van der Waals surface area contributed by atoms with Gasteiger partial charge >= 0.3 is 6.09 Å². The molecule has 0 aromatic heterocycles. The highest BCUT2D eigenvalue weighted by Gasteiger charge is 2.51. The summed E-state index contributed by atoms with van der Waals surface area (Å²) in [6.07, 6.45) is 13.7. The quantitative estimate of drug-likeness (QED) is 0.673. The number of thiocarbonyl (C=S) groups is 1. The average molecular weight is 420 g/mol. The smallest absolute Gasteiger partial charge is 0.410 e. The van der Waals surface area contributed by atoms with Crippen LogP contribution in [0.15, 0.2) is 0 Å². The standard InChI is InChI=1S/C23H37N3O2S/c1-2-3-4-20-15-28-22(27)26(20)19-5-7-25(8-6-19)21(29)24-23-12-16-9-17(13-23)11-18(10-16)14-23/h16-20H,2-15H2,1H3,(H,24,29). The van der Waals surface area contributed by atoms with E-state index in [-0.39, 0.29) is 17.7 Å². The zero-order valence-electron chi connectivity index (χ0n) is 17.9. The van der Waals surface area contributed by atoms with Crippen LogP contribution < -0.4 is 5.32 Å². The number of likely N-dealkylation sites (tertiary alicyclic amines) is 1. The van der Waals surface area contributed by atoms with Crippen molar-refractivity contribution >= 4 is 23.4 Å². The summed E-state index contributed by atoms with van der Waals surface area (Å²) in [6, 6.07) is 0.585. The Morgan fingerprint density at radius 1 is 1.14 bits per heavy atom. The van der Waals surface area contributed by atoms with Crippen LogP contribution in [0, 0.1) is 17.8 Å². The van der Waals surface area contributed by atoms with E-state index in [2.05, 4.69) is 22.0 Å². The highest BCUT2D eigenvalue weighted by Crippen LogP contribution is 2.55. The van der Waals surface area contributed by atoms with Gasteiger partial charge in [0.25, 0.3) is 0 Å². The highest BCUT2D eigenvalue weighted by molar-refractivity contribution is 7.80. The predicted molar refractivity (Wildman–Crippen MR) is 118 cm³/mol. The number of amides is 1. The molecule has 0 aromatic rings. The summed E-state index contributed by atoms with van der Waals surface area (Å²) < 4.78 is 5.40. The first-order chi connectivity index (χ1) is 14.0. The number of carbonyl (C=O) groups excluding carboxylic acids is 1.